The topological polar surface area (TPSA) is 66.0 Å². The van der Waals surface area contributed by atoms with Crippen LogP contribution in [0.5, 0.6) is 0 Å². The Morgan fingerprint density at radius 2 is 1.95 bits per heavy atom. The Labute approximate surface area is 118 Å². The highest BCUT2D eigenvalue weighted by Gasteiger charge is 2.09. The number of aromatic carboxylic acids is 1. The molecule has 0 atom stereocenters. The lowest BCUT2D eigenvalue weighted by atomic mass is 10.1. The van der Waals surface area contributed by atoms with Crippen molar-refractivity contribution in [1.82, 2.24) is 9.97 Å². The summed E-state index contributed by atoms with van der Waals surface area (Å²) in [5.74, 6) is -2.27. The van der Waals surface area contributed by atoms with E-state index in [1.54, 1.807) is 6.07 Å². The molecular formula is C15H10F2N2O2. The lowest BCUT2D eigenvalue weighted by molar-refractivity contribution is 0.0697. The van der Waals surface area contributed by atoms with Crippen LogP contribution in [0.2, 0.25) is 0 Å². The van der Waals surface area contributed by atoms with Crippen LogP contribution in [0.3, 0.4) is 0 Å². The zero-order chi connectivity index (χ0) is 15.0. The molecule has 21 heavy (non-hydrogen) atoms. The van der Waals surface area contributed by atoms with Crippen molar-refractivity contribution >= 4 is 17.0 Å². The van der Waals surface area contributed by atoms with Gasteiger partial charge in [0.15, 0.2) is 11.6 Å². The average molecular weight is 288 g/mol. The molecule has 0 aliphatic heterocycles. The van der Waals surface area contributed by atoms with Gasteiger partial charge in [0.1, 0.15) is 5.82 Å². The number of benzene rings is 2. The zero-order valence-electron chi connectivity index (χ0n) is 10.7. The van der Waals surface area contributed by atoms with E-state index in [0.717, 1.165) is 12.1 Å². The van der Waals surface area contributed by atoms with Crippen molar-refractivity contribution in [2.24, 2.45) is 0 Å². The number of carbonyl (C=O) groups is 1. The summed E-state index contributed by atoms with van der Waals surface area (Å²) < 4.78 is 26.0. The van der Waals surface area contributed by atoms with Gasteiger partial charge < -0.3 is 10.1 Å². The van der Waals surface area contributed by atoms with Crippen LogP contribution < -0.4 is 0 Å². The summed E-state index contributed by atoms with van der Waals surface area (Å²) in [5, 5.41) is 8.93. The van der Waals surface area contributed by atoms with E-state index in [1.165, 1.54) is 18.2 Å². The second-order valence-electron chi connectivity index (χ2n) is 4.65. The van der Waals surface area contributed by atoms with Crippen LogP contribution in [0.15, 0.2) is 36.4 Å². The number of carboxylic acid groups (broad SMARTS) is 1. The molecule has 2 N–H and O–H groups in total. The minimum Gasteiger partial charge on any atom is -0.478 e. The van der Waals surface area contributed by atoms with Crippen molar-refractivity contribution in [2.45, 2.75) is 6.42 Å². The van der Waals surface area contributed by atoms with Gasteiger partial charge in [-0.05, 0) is 35.9 Å². The van der Waals surface area contributed by atoms with Gasteiger partial charge in [0.05, 0.1) is 16.6 Å². The molecular weight excluding hydrogens is 278 g/mol. The molecule has 0 fully saturated rings. The molecule has 0 aliphatic carbocycles. The molecule has 4 nitrogen and oxygen atoms in total. The normalized spacial score (nSPS) is 11.0. The van der Waals surface area contributed by atoms with Crippen molar-refractivity contribution in [1.29, 1.82) is 0 Å². The highest BCUT2D eigenvalue weighted by atomic mass is 19.2. The molecule has 6 heteroatoms. The Balaban J connectivity index is 1.93. The van der Waals surface area contributed by atoms with Gasteiger partial charge in [-0.15, -0.1) is 0 Å². The summed E-state index contributed by atoms with van der Waals surface area (Å²) in [4.78, 5) is 18.2. The standard InChI is InChI=1S/C15H10F2N2O2/c16-10-3-1-8(5-11(10)17)6-14-18-12-4-2-9(15(20)21)7-13(12)19-14/h1-5,7H,6H2,(H,18,19)(H,20,21). The first kappa shape index (κ1) is 13.2. The average Bonchev–Trinajstić information content (AvgIpc) is 2.84. The summed E-state index contributed by atoms with van der Waals surface area (Å²) in [6, 6.07) is 8.21. The van der Waals surface area contributed by atoms with Gasteiger partial charge >= 0.3 is 5.97 Å². The maximum atomic E-state index is 13.2. The Morgan fingerprint density at radius 1 is 1.14 bits per heavy atom. The number of halogens is 2. The van der Waals surface area contributed by atoms with E-state index < -0.39 is 17.6 Å². The number of H-pyrrole nitrogens is 1. The third-order valence-electron chi connectivity index (χ3n) is 3.13. The van der Waals surface area contributed by atoms with Crippen LogP contribution >= 0.6 is 0 Å². The second kappa shape index (κ2) is 4.97. The van der Waals surface area contributed by atoms with Crippen LogP contribution in [-0.2, 0) is 6.42 Å². The monoisotopic (exact) mass is 288 g/mol. The van der Waals surface area contributed by atoms with E-state index >= 15 is 0 Å². The fraction of sp³-hybridized carbons (Fsp3) is 0.0667. The molecule has 1 heterocycles. The molecule has 0 saturated carbocycles. The minimum atomic E-state index is -1.02. The van der Waals surface area contributed by atoms with Crippen LogP contribution in [0.1, 0.15) is 21.7 Å². The first-order valence-corrected chi connectivity index (χ1v) is 6.19. The lowest BCUT2D eigenvalue weighted by Crippen LogP contribution is -1.94. The minimum absolute atomic E-state index is 0.158. The smallest absolute Gasteiger partial charge is 0.335 e. The number of hydrogen-bond donors (Lipinski definition) is 2. The Hall–Kier alpha value is -2.76. The number of hydrogen-bond acceptors (Lipinski definition) is 2. The Bertz CT molecular complexity index is 843. The molecule has 3 aromatic rings. The van der Waals surface area contributed by atoms with Gasteiger partial charge in [-0.25, -0.2) is 18.6 Å². The summed E-state index contributed by atoms with van der Waals surface area (Å²) in [6.45, 7) is 0. The highest BCUT2D eigenvalue weighted by molar-refractivity contribution is 5.92. The summed E-state index contributed by atoms with van der Waals surface area (Å²) in [5.41, 5.74) is 1.95. The van der Waals surface area contributed by atoms with E-state index in [9.17, 15) is 13.6 Å². The predicted octanol–water partition coefficient (Wildman–Crippen LogP) is 3.13. The Kier molecular flexibility index (Phi) is 3.13. The lowest BCUT2D eigenvalue weighted by Gasteiger charge is -1.99. The summed E-state index contributed by atoms with van der Waals surface area (Å²) >= 11 is 0. The molecule has 0 amide bonds. The fourth-order valence-corrected chi connectivity index (χ4v) is 2.12. The Morgan fingerprint density at radius 3 is 2.67 bits per heavy atom. The molecule has 0 unspecified atom stereocenters. The molecule has 0 radical (unpaired) electrons. The van der Waals surface area contributed by atoms with E-state index in [1.807, 2.05) is 0 Å². The molecule has 0 spiro atoms. The van der Waals surface area contributed by atoms with E-state index in [2.05, 4.69) is 9.97 Å². The van der Waals surface area contributed by atoms with Gasteiger partial charge in [0, 0.05) is 6.42 Å². The highest BCUT2D eigenvalue weighted by Crippen LogP contribution is 2.17. The number of aromatic amines is 1. The van der Waals surface area contributed by atoms with Crippen molar-refractivity contribution in [3.63, 3.8) is 0 Å². The molecule has 0 saturated heterocycles. The van der Waals surface area contributed by atoms with Crippen molar-refractivity contribution in [3.05, 3.63) is 65.0 Å². The first-order chi connectivity index (χ1) is 10.0. The van der Waals surface area contributed by atoms with Crippen LogP contribution in [0.25, 0.3) is 11.0 Å². The van der Waals surface area contributed by atoms with Crippen molar-refractivity contribution < 1.29 is 18.7 Å². The SMILES string of the molecule is O=C(O)c1ccc2nc(Cc3ccc(F)c(F)c3)[nH]c2c1. The third-order valence-corrected chi connectivity index (χ3v) is 3.13. The number of rotatable bonds is 3. The molecule has 1 aromatic heterocycles. The van der Waals surface area contributed by atoms with Gasteiger partial charge in [0.2, 0.25) is 0 Å². The van der Waals surface area contributed by atoms with Gasteiger partial charge in [-0.2, -0.15) is 0 Å². The molecule has 3 rings (SSSR count). The zero-order valence-corrected chi connectivity index (χ0v) is 10.7. The molecule has 2 aromatic carbocycles. The summed E-state index contributed by atoms with van der Waals surface area (Å²) in [6.07, 6.45) is 0.300. The first-order valence-electron chi connectivity index (χ1n) is 6.19. The van der Waals surface area contributed by atoms with Crippen molar-refractivity contribution in [2.75, 3.05) is 0 Å². The molecule has 0 bridgehead atoms. The molecule has 106 valence electrons. The van der Waals surface area contributed by atoms with Crippen LogP contribution in [0.4, 0.5) is 8.78 Å². The quantitative estimate of drug-likeness (QED) is 0.778. The van der Waals surface area contributed by atoms with E-state index in [0.29, 0.717) is 28.8 Å². The summed E-state index contributed by atoms with van der Waals surface area (Å²) in [7, 11) is 0. The number of nitrogens with zero attached hydrogens (tertiary/aromatic N) is 1. The van der Waals surface area contributed by atoms with Crippen LogP contribution in [-0.4, -0.2) is 21.0 Å². The maximum absolute atomic E-state index is 13.2. The number of imidazole rings is 1. The van der Waals surface area contributed by atoms with Crippen LogP contribution in [0, 0.1) is 11.6 Å². The van der Waals surface area contributed by atoms with E-state index in [-0.39, 0.29) is 5.56 Å². The van der Waals surface area contributed by atoms with Gasteiger partial charge in [-0.1, -0.05) is 6.07 Å². The van der Waals surface area contributed by atoms with Gasteiger partial charge in [0.25, 0.3) is 0 Å². The number of aromatic nitrogens is 2. The number of carboxylic acids is 1. The predicted molar refractivity (Wildman–Crippen MR) is 72.2 cm³/mol. The van der Waals surface area contributed by atoms with E-state index in [4.69, 9.17) is 5.11 Å². The number of fused-ring (bicyclic) bond motifs is 1. The maximum Gasteiger partial charge on any atom is 0.335 e. The second-order valence-corrected chi connectivity index (χ2v) is 4.65. The number of nitrogens with one attached hydrogen (secondary N) is 1. The largest absolute Gasteiger partial charge is 0.478 e. The molecule has 0 aliphatic rings. The fourth-order valence-electron chi connectivity index (χ4n) is 2.12. The van der Waals surface area contributed by atoms with Crippen molar-refractivity contribution in [3.8, 4) is 0 Å². The van der Waals surface area contributed by atoms with Gasteiger partial charge in [-0.3, -0.25) is 0 Å². The third kappa shape index (κ3) is 2.60.